The van der Waals surface area contributed by atoms with Crippen LogP contribution in [0.3, 0.4) is 0 Å². The van der Waals surface area contributed by atoms with Crippen LogP contribution in [0, 0.1) is 5.92 Å². The summed E-state index contributed by atoms with van der Waals surface area (Å²) in [7, 11) is 1.50. The first-order chi connectivity index (χ1) is 9.12. The van der Waals surface area contributed by atoms with Crippen molar-refractivity contribution < 1.29 is 18.0 Å². The lowest BCUT2D eigenvalue weighted by atomic mass is 10.1. The van der Waals surface area contributed by atoms with Crippen LogP contribution < -0.4 is 5.73 Å². The molecule has 7 heteroatoms. The van der Waals surface area contributed by atoms with E-state index in [1.54, 1.807) is 6.92 Å². The van der Waals surface area contributed by atoms with E-state index < -0.39 is 17.6 Å². The number of hydrogen-bond acceptors (Lipinski definition) is 2. The summed E-state index contributed by atoms with van der Waals surface area (Å²) in [6.07, 6.45) is -4.47. The molecule has 20 heavy (non-hydrogen) atoms. The molecule has 0 heterocycles. The monoisotopic (exact) mass is 304 g/mol. The highest BCUT2D eigenvalue weighted by Crippen LogP contribution is 2.29. The smallest absolute Gasteiger partial charge is 0.393 e. The molecule has 1 unspecified atom stereocenters. The van der Waals surface area contributed by atoms with Gasteiger partial charge in [-0.25, -0.2) is 0 Å². The minimum Gasteiger partial charge on any atom is -0.393 e. The molecule has 1 atom stereocenters. The molecule has 1 amide bonds. The average Bonchev–Trinajstić information content (AvgIpc) is 2.36. The molecule has 1 rings (SSSR count). The molecular weight excluding hydrogens is 289 g/mol. The van der Waals surface area contributed by atoms with E-state index in [0.29, 0.717) is 0 Å². The Morgan fingerprint density at radius 2 is 2.05 bits per heavy atom. The zero-order chi connectivity index (χ0) is 15.5. The maximum Gasteiger partial charge on any atom is 0.416 e. The van der Waals surface area contributed by atoms with Crippen molar-refractivity contribution in [2.24, 2.45) is 11.7 Å². The van der Waals surface area contributed by atoms with Crippen molar-refractivity contribution >= 4 is 23.1 Å². The lowest BCUT2D eigenvalue weighted by molar-refractivity contribution is -0.137. The summed E-state index contributed by atoms with van der Waals surface area (Å²) in [5.74, 6) is -0.705. The molecule has 0 saturated carbocycles. The van der Waals surface area contributed by atoms with Crippen molar-refractivity contribution in [1.29, 1.82) is 0 Å². The molecule has 0 aliphatic heterocycles. The predicted octanol–water partition coefficient (Wildman–Crippen LogP) is 2.70. The Kier molecular flexibility index (Phi) is 5.10. The number of nitrogens with two attached hydrogens (primary N) is 1. The van der Waals surface area contributed by atoms with Crippen LogP contribution in [0.2, 0.25) is 0 Å². The van der Waals surface area contributed by atoms with E-state index in [1.165, 1.54) is 24.1 Å². The van der Waals surface area contributed by atoms with Gasteiger partial charge in [-0.2, -0.15) is 13.2 Å². The fourth-order valence-electron chi connectivity index (χ4n) is 1.63. The molecule has 3 nitrogen and oxygen atoms in total. The Morgan fingerprint density at radius 3 is 2.55 bits per heavy atom. The fraction of sp³-hybridized carbons (Fsp3) is 0.385. The fourth-order valence-corrected chi connectivity index (χ4v) is 1.71. The van der Waals surface area contributed by atoms with Crippen molar-refractivity contribution in [1.82, 2.24) is 4.90 Å². The molecule has 1 aromatic rings. The molecule has 0 aliphatic carbocycles. The van der Waals surface area contributed by atoms with Gasteiger partial charge >= 0.3 is 6.18 Å². The zero-order valence-electron chi connectivity index (χ0n) is 11.1. The average molecular weight is 304 g/mol. The normalized spacial score (nSPS) is 12.8. The van der Waals surface area contributed by atoms with Crippen LogP contribution in [0.15, 0.2) is 24.3 Å². The molecule has 0 aliphatic rings. The molecule has 0 fully saturated rings. The minimum atomic E-state index is -4.47. The van der Waals surface area contributed by atoms with E-state index in [-0.39, 0.29) is 23.0 Å². The SMILES string of the molecule is CC(CN(C)C(=O)c1cccc(C(F)(F)F)c1)C(N)=S. The van der Waals surface area contributed by atoms with Crippen molar-refractivity contribution in [3.63, 3.8) is 0 Å². The van der Waals surface area contributed by atoms with Gasteiger partial charge in [-0.15, -0.1) is 0 Å². The van der Waals surface area contributed by atoms with E-state index in [1.807, 2.05) is 0 Å². The Labute approximate surface area is 120 Å². The third kappa shape index (κ3) is 4.19. The lowest BCUT2D eigenvalue weighted by Gasteiger charge is -2.21. The van der Waals surface area contributed by atoms with Crippen LogP contribution in [0.5, 0.6) is 0 Å². The van der Waals surface area contributed by atoms with Gasteiger partial charge in [0.15, 0.2) is 0 Å². The Hall–Kier alpha value is -1.63. The Balaban J connectivity index is 2.90. The van der Waals surface area contributed by atoms with Crippen molar-refractivity contribution in [3.8, 4) is 0 Å². The highest BCUT2D eigenvalue weighted by atomic mass is 32.1. The summed E-state index contributed by atoms with van der Waals surface area (Å²) < 4.78 is 37.8. The van der Waals surface area contributed by atoms with Crippen LogP contribution >= 0.6 is 12.2 Å². The Morgan fingerprint density at radius 1 is 1.45 bits per heavy atom. The van der Waals surface area contributed by atoms with Crippen molar-refractivity contribution in [3.05, 3.63) is 35.4 Å². The first kappa shape index (κ1) is 16.4. The number of halogens is 3. The molecule has 0 saturated heterocycles. The number of rotatable bonds is 4. The third-order valence-corrected chi connectivity index (χ3v) is 3.22. The number of thiocarbonyl (C=S) groups is 1. The number of carbonyl (C=O) groups excluding carboxylic acids is 1. The van der Waals surface area contributed by atoms with E-state index >= 15 is 0 Å². The second kappa shape index (κ2) is 6.21. The molecule has 1 aromatic carbocycles. The highest BCUT2D eigenvalue weighted by Gasteiger charge is 2.31. The topological polar surface area (TPSA) is 46.3 Å². The van der Waals surface area contributed by atoms with Gasteiger partial charge in [-0.3, -0.25) is 4.79 Å². The number of alkyl halides is 3. The zero-order valence-corrected chi connectivity index (χ0v) is 11.9. The first-order valence-electron chi connectivity index (χ1n) is 5.85. The molecule has 110 valence electrons. The van der Waals surface area contributed by atoms with Crippen LogP contribution in [0.4, 0.5) is 13.2 Å². The van der Waals surface area contributed by atoms with Gasteiger partial charge in [0, 0.05) is 25.1 Å². The summed E-state index contributed by atoms with van der Waals surface area (Å²) in [4.78, 5) is 13.6. The number of nitrogens with zero attached hydrogens (tertiary/aromatic N) is 1. The summed E-state index contributed by atoms with van der Waals surface area (Å²) in [6.45, 7) is 2.00. The predicted molar refractivity (Wildman–Crippen MR) is 74.4 cm³/mol. The third-order valence-electron chi connectivity index (χ3n) is 2.82. The van der Waals surface area contributed by atoms with Gasteiger partial charge in [0.2, 0.25) is 0 Å². The number of benzene rings is 1. The van der Waals surface area contributed by atoms with Crippen LogP contribution in [0.1, 0.15) is 22.8 Å². The quantitative estimate of drug-likeness (QED) is 0.870. The second-order valence-electron chi connectivity index (χ2n) is 4.57. The molecule has 0 bridgehead atoms. The number of carbonyl (C=O) groups is 1. The maximum absolute atomic E-state index is 12.6. The molecule has 0 radical (unpaired) electrons. The number of amides is 1. The highest BCUT2D eigenvalue weighted by molar-refractivity contribution is 7.80. The van der Waals surface area contributed by atoms with E-state index in [9.17, 15) is 18.0 Å². The largest absolute Gasteiger partial charge is 0.416 e. The van der Waals surface area contributed by atoms with Gasteiger partial charge in [0.25, 0.3) is 5.91 Å². The van der Waals surface area contributed by atoms with Gasteiger partial charge in [0.05, 0.1) is 10.6 Å². The molecule has 0 spiro atoms. The van der Waals surface area contributed by atoms with Gasteiger partial charge < -0.3 is 10.6 Å². The lowest BCUT2D eigenvalue weighted by Crippen LogP contribution is -2.35. The molecular formula is C13H15F3N2OS. The van der Waals surface area contributed by atoms with E-state index in [0.717, 1.165) is 12.1 Å². The first-order valence-corrected chi connectivity index (χ1v) is 6.25. The van der Waals surface area contributed by atoms with Crippen molar-refractivity contribution in [2.75, 3.05) is 13.6 Å². The van der Waals surface area contributed by atoms with Crippen LogP contribution in [0.25, 0.3) is 0 Å². The number of hydrogen-bond donors (Lipinski definition) is 1. The van der Waals surface area contributed by atoms with Gasteiger partial charge in [0.1, 0.15) is 0 Å². The summed E-state index contributed by atoms with van der Waals surface area (Å²) >= 11 is 4.80. The molecule has 2 N–H and O–H groups in total. The van der Waals surface area contributed by atoms with Gasteiger partial charge in [-0.05, 0) is 18.2 Å². The van der Waals surface area contributed by atoms with Crippen LogP contribution in [-0.2, 0) is 6.18 Å². The Bertz CT molecular complexity index is 517. The minimum absolute atomic E-state index is 0.0162. The van der Waals surface area contributed by atoms with Gasteiger partial charge in [-0.1, -0.05) is 25.2 Å². The second-order valence-corrected chi connectivity index (χ2v) is 5.04. The summed E-state index contributed by atoms with van der Waals surface area (Å²) in [5, 5.41) is 0. The standard InChI is InChI=1S/C13H15F3N2OS/c1-8(11(17)20)7-18(2)12(19)9-4-3-5-10(6-9)13(14,15)16/h3-6,8H,7H2,1-2H3,(H2,17,20). The van der Waals surface area contributed by atoms with E-state index in [2.05, 4.69) is 0 Å². The van der Waals surface area contributed by atoms with E-state index in [4.69, 9.17) is 18.0 Å². The van der Waals surface area contributed by atoms with Crippen molar-refractivity contribution in [2.45, 2.75) is 13.1 Å². The maximum atomic E-state index is 12.6. The summed E-state index contributed by atoms with van der Waals surface area (Å²) in [5.41, 5.74) is 4.58. The molecule has 0 aromatic heterocycles. The van der Waals surface area contributed by atoms with Crippen LogP contribution in [-0.4, -0.2) is 29.4 Å². The summed E-state index contributed by atoms with van der Waals surface area (Å²) in [6, 6.07) is 4.32.